The molecule has 0 aromatic heterocycles. The minimum atomic E-state index is -0.603. The van der Waals surface area contributed by atoms with Gasteiger partial charge in [-0.2, -0.15) is 0 Å². The van der Waals surface area contributed by atoms with Crippen LogP contribution in [-0.2, 0) is 11.3 Å². The molecule has 0 unspecified atom stereocenters. The van der Waals surface area contributed by atoms with Crippen molar-refractivity contribution < 1.29 is 19.6 Å². The van der Waals surface area contributed by atoms with Crippen LogP contribution in [0, 0.1) is 10.1 Å². The molecule has 2 aliphatic rings. The predicted octanol–water partition coefficient (Wildman–Crippen LogP) is 2.03. The van der Waals surface area contributed by atoms with Gasteiger partial charge in [-0.15, -0.1) is 0 Å². The molecule has 0 aliphatic carbocycles. The highest BCUT2D eigenvalue weighted by Crippen LogP contribution is 2.29. The molecular formula is C20H21N3O5. The summed E-state index contributed by atoms with van der Waals surface area (Å²) in [5.74, 6) is -0.721. The second kappa shape index (κ2) is 7.57. The zero-order valence-electron chi connectivity index (χ0n) is 15.2. The van der Waals surface area contributed by atoms with Crippen molar-refractivity contribution in [3.8, 4) is 5.75 Å². The van der Waals surface area contributed by atoms with E-state index < -0.39 is 4.92 Å². The number of nitro benzene ring substituents is 1. The molecule has 0 bridgehead atoms. The standard InChI is InChI=1S/C20H21N3O5/c24-18-10-15(23(26)27)6-7-16(18)20(25)22-12-17-19(13-22)28-9-8-21(17)11-14-4-2-1-3-5-14/h1-7,10,17,19,24H,8-9,11-13H2/t17-,19+/m1/s1. The molecule has 1 amide bonds. The van der Waals surface area contributed by atoms with E-state index in [1.54, 1.807) is 4.90 Å². The van der Waals surface area contributed by atoms with Crippen molar-refractivity contribution >= 4 is 11.6 Å². The van der Waals surface area contributed by atoms with Gasteiger partial charge >= 0.3 is 0 Å². The fourth-order valence-corrected chi connectivity index (χ4v) is 3.92. The summed E-state index contributed by atoms with van der Waals surface area (Å²) in [5.41, 5.74) is 1.03. The van der Waals surface area contributed by atoms with Crippen molar-refractivity contribution in [3.05, 3.63) is 69.8 Å². The molecule has 1 N–H and O–H groups in total. The number of phenolic OH excluding ortho intramolecular Hbond substituents is 1. The van der Waals surface area contributed by atoms with Crippen molar-refractivity contribution in [2.24, 2.45) is 0 Å². The molecule has 2 heterocycles. The monoisotopic (exact) mass is 383 g/mol. The Morgan fingerprint density at radius 3 is 2.71 bits per heavy atom. The summed E-state index contributed by atoms with van der Waals surface area (Å²) in [6, 6.07) is 13.8. The molecule has 4 rings (SSSR count). The van der Waals surface area contributed by atoms with Gasteiger partial charge < -0.3 is 14.7 Å². The Morgan fingerprint density at radius 2 is 2.00 bits per heavy atom. The lowest BCUT2D eigenvalue weighted by Gasteiger charge is -2.36. The van der Waals surface area contributed by atoms with Gasteiger partial charge in [0.15, 0.2) is 0 Å². The van der Waals surface area contributed by atoms with E-state index in [9.17, 15) is 20.0 Å². The van der Waals surface area contributed by atoms with E-state index in [0.717, 1.165) is 19.2 Å². The fraction of sp³-hybridized carbons (Fsp3) is 0.350. The Labute approximate surface area is 162 Å². The quantitative estimate of drug-likeness (QED) is 0.641. The van der Waals surface area contributed by atoms with E-state index in [-0.39, 0.29) is 35.1 Å². The molecular weight excluding hydrogens is 362 g/mol. The van der Waals surface area contributed by atoms with Crippen LogP contribution in [0.4, 0.5) is 5.69 Å². The van der Waals surface area contributed by atoms with E-state index >= 15 is 0 Å². The molecule has 2 fully saturated rings. The number of fused-ring (bicyclic) bond motifs is 1. The summed E-state index contributed by atoms with van der Waals surface area (Å²) in [6.07, 6.45) is -0.0818. The van der Waals surface area contributed by atoms with Crippen LogP contribution in [0.25, 0.3) is 0 Å². The molecule has 8 heteroatoms. The first-order valence-corrected chi connectivity index (χ1v) is 9.19. The topological polar surface area (TPSA) is 96.1 Å². The number of hydrogen-bond donors (Lipinski definition) is 1. The third kappa shape index (κ3) is 3.56. The molecule has 2 aromatic carbocycles. The second-order valence-electron chi connectivity index (χ2n) is 7.10. The maximum absolute atomic E-state index is 12.9. The Balaban J connectivity index is 1.49. The van der Waals surface area contributed by atoms with Gasteiger partial charge in [-0.1, -0.05) is 30.3 Å². The molecule has 8 nitrogen and oxygen atoms in total. The number of nitro groups is 1. The highest BCUT2D eigenvalue weighted by molar-refractivity contribution is 5.97. The first-order valence-electron chi connectivity index (χ1n) is 9.19. The Morgan fingerprint density at radius 1 is 1.21 bits per heavy atom. The number of aromatic hydroxyl groups is 1. The van der Waals surface area contributed by atoms with Crippen LogP contribution < -0.4 is 0 Å². The number of amides is 1. The molecule has 28 heavy (non-hydrogen) atoms. The minimum absolute atomic E-state index is 0.0684. The molecule has 2 aromatic rings. The van der Waals surface area contributed by atoms with Gasteiger partial charge in [0, 0.05) is 32.2 Å². The number of rotatable bonds is 4. The van der Waals surface area contributed by atoms with Gasteiger partial charge in [0.1, 0.15) is 5.75 Å². The maximum Gasteiger partial charge on any atom is 0.273 e. The van der Waals surface area contributed by atoms with Crippen molar-refractivity contribution in [3.63, 3.8) is 0 Å². The molecule has 146 valence electrons. The van der Waals surface area contributed by atoms with Gasteiger partial charge in [-0.05, 0) is 11.6 Å². The van der Waals surface area contributed by atoms with E-state index in [0.29, 0.717) is 19.7 Å². The summed E-state index contributed by atoms with van der Waals surface area (Å²) < 4.78 is 5.88. The van der Waals surface area contributed by atoms with Gasteiger partial charge in [0.2, 0.25) is 0 Å². The molecule has 0 saturated carbocycles. The zero-order chi connectivity index (χ0) is 19.7. The highest BCUT2D eigenvalue weighted by Gasteiger charge is 2.42. The summed E-state index contributed by atoms with van der Waals surface area (Å²) >= 11 is 0. The van der Waals surface area contributed by atoms with Crippen LogP contribution in [0.5, 0.6) is 5.75 Å². The summed E-state index contributed by atoms with van der Waals surface area (Å²) in [4.78, 5) is 27.1. The van der Waals surface area contributed by atoms with Crippen molar-refractivity contribution in [1.29, 1.82) is 0 Å². The normalized spacial score (nSPS) is 22.1. The molecule has 0 radical (unpaired) electrons. The largest absolute Gasteiger partial charge is 0.507 e. The number of carbonyl (C=O) groups excluding carboxylic acids is 1. The number of morpholine rings is 1. The molecule has 2 aliphatic heterocycles. The number of benzene rings is 2. The van der Waals surface area contributed by atoms with E-state index in [1.165, 1.54) is 17.7 Å². The summed E-state index contributed by atoms with van der Waals surface area (Å²) in [5, 5.41) is 20.9. The lowest BCUT2D eigenvalue weighted by atomic mass is 10.1. The Bertz CT molecular complexity index is 889. The SMILES string of the molecule is O=C(c1ccc([N+](=O)[O-])cc1O)N1C[C@@H]2OCCN(Cc3ccccc3)[C@@H]2C1. The van der Waals surface area contributed by atoms with Crippen LogP contribution in [0.3, 0.4) is 0 Å². The number of non-ortho nitro benzene ring substituents is 1. The third-order valence-corrected chi connectivity index (χ3v) is 5.35. The lowest BCUT2D eigenvalue weighted by Crippen LogP contribution is -2.50. The fourth-order valence-electron chi connectivity index (χ4n) is 3.92. The van der Waals surface area contributed by atoms with E-state index in [4.69, 9.17) is 4.74 Å². The Kier molecular flexibility index (Phi) is 4.97. The van der Waals surface area contributed by atoms with Crippen LogP contribution >= 0.6 is 0 Å². The lowest BCUT2D eigenvalue weighted by molar-refractivity contribution is -0.384. The van der Waals surface area contributed by atoms with E-state index in [2.05, 4.69) is 17.0 Å². The van der Waals surface area contributed by atoms with Gasteiger partial charge in [0.05, 0.1) is 35.3 Å². The molecule has 0 spiro atoms. The van der Waals surface area contributed by atoms with Gasteiger partial charge in [-0.3, -0.25) is 19.8 Å². The number of likely N-dealkylation sites (tertiary alicyclic amines) is 1. The Hall–Kier alpha value is -2.97. The minimum Gasteiger partial charge on any atom is -0.507 e. The number of hydrogen-bond acceptors (Lipinski definition) is 6. The maximum atomic E-state index is 12.9. The smallest absolute Gasteiger partial charge is 0.273 e. The summed E-state index contributed by atoms with van der Waals surface area (Å²) in [7, 11) is 0. The van der Waals surface area contributed by atoms with Crippen LogP contribution in [0.2, 0.25) is 0 Å². The second-order valence-corrected chi connectivity index (χ2v) is 7.10. The average molecular weight is 383 g/mol. The van der Waals surface area contributed by atoms with Crippen molar-refractivity contribution in [1.82, 2.24) is 9.80 Å². The van der Waals surface area contributed by atoms with Gasteiger partial charge in [0.25, 0.3) is 11.6 Å². The predicted molar refractivity (Wildman–Crippen MR) is 101 cm³/mol. The number of phenols is 1. The highest BCUT2D eigenvalue weighted by atomic mass is 16.6. The first-order chi connectivity index (χ1) is 13.5. The van der Waals surface area contributed by atoms with Crippen LogP contribution in [-0.4, -0.2) is 64.1 Å². The van der Waals surface area contributed by atoms with Crippen molar-refractivity contribution in [2.45, 2.75) is 18.7 Å². The zero-order valence-corrected chi connectivity index (χ0v) is 15.2. The molecule has 2 saturated heterocycles. The first kappa shape index (κ1) is 18.4. The summed E-state index contributed by atoms with van der Waals surface area (Å²) in [6.45, 7) is 3.12. The number of nitrogens with zero attached hydrogens (tertiary/aromatic N) is 3. The number of ether oxygens (including phenoxy) is 1. The number of carbonyl (C=O) groups is 1. The van der Waals surface area contributed by atoms with Crippen LogP contribution in [0.15, 0.2) is 48.5 Å². The van der Waals surface area contributed by atoms with E-state index in [1.807, 2.05) is 18.2 Å². The third-order valence-electron chi connectivity index (χ3n) is 5.35. The average Bonchev–Trinajstić information content (AvgIpc) is 3.13. The molecule has 2 atom stereocenters. The van der Waals surface area contributed by atoms with Crippen LogP contribution in [0.1, 0.15) is 15.9 Å². The van der Waals surface area contributed by atoms with Gasteiger partial charge in [-0.25, -0.2) is 0 Å². The van der Waals surface area contributed by atoms with Crippen molar-refractivity contribution in [2.75, 3.05) is 26.2 Å².